The van der Waals surface area contributed by atoms with Gasteiger partial charge in [-0.3, -0.25) is 0 Å². The Hall–Kier alpha value is -2.19. The van der Waals surface area contributed by atoms with E-state index in [9.17, 15) is 43.9 Å². The zero-order chi connectivity index (χ0) is 23.0. The van der Waals surface area contributed by atoms with Gasteiger partial charge in [0.2, 0.25) is 0 Å². The summed E-state index contributed by atoms with van der Waals surface area (Å²) in [5, 5.41) is 3.61. The molecule has 0 aliphatic carbocycles. The van der Waals surface area contributed by atoms with E-state index >= 15 is 0 Å². The van der Waals surface area contributed by atoms with E-state index in [0.717, 1.165) is 28.7 Å². The van der Waals surface area contributed by atoms with E-state index in [-0.39, 0.29) is 10.7 Å². The topological polar surface area (TPSA) is 39.9 Å². The molecule has 2 heterocycles. The maximum atomic E-state index is 13.3. The van der Waals surface area contributed by atoms with Crippen molar-refractivity contribution < 1.29 is 48.6 Å². The maximum absolute atomic E-state index is 13.3. The average Bonchev–Trinajstić information content (AvgIpc) is 3.07. The van der Waals surface area contributed by atoms with Gasteiger partial charge < -0.3 is 4.74 Å². The average molecular weight is 471 g/mol. The summed E-state index contributed by atoms with van der Waals surface area (Å²) in [5.74, 6) is -12.4. The van der Waals surface area contributed by atoms with Gasteiger partial charge in [-0.2, -0.15) is 49.0 Å². The van der Waals surface area contributed by atoms with E-state index in [1.165, 1.54) is 0 Å². The van der Waals surface area contributed by atoms with Crippen LogP contribution < -0.4 is 4.74 Å². The molecule has 0 saturated carbocycles. The molecule has 2 rings (SSSR count). The fourth-order valence-corrected chi connectivity index (χ4v) is 2.79. The van der Waals surface area contributed by atoms with E-state index in [2.05, 4.69) is 14.8 Å². The molecule has 0 radical (unpaired) electrons. The summed E-state index contributed by atoms with van der Waals surface area (Å²) in [6.45, 7) is -0.683. The van der Waals surface area contributed by atoms with Gasteiger partial charge in [-0.15, -0.1) is 11.8 Å². The number of aromatic nitrogens is 3. The molecule has 0 aliphatic heterocycles. The number of thioether (sulfide) groups is 1. The largest absolute Gasteiger partial charge is 0.484 e. The lowest BCUT2D eigenvalue weighted by Gasteiger charge is -2.27. The molecule has 0 aliphatic rings. The number of hydrogen-bond donors (Lipinski definition) is 0. The van der Waals surface area contributed by atoms with Gasteiger partial charge in [0, 0.05) is 6.20 Å². The number of ether oxygens (including phenoxy) is 1. The van der Waals surface area contributed by atoms with Gasteiger partial charge in [-0.1, -0.05) is 6.92 Å². The third kappa shape index (κ3) is 4.92. The Labute approximate surface area is 166 Å². The standard InChI is InChI=1S/C15H11F10N3OS/c1-2-30-10-3-8(13(18,19)20)4-26-11(10)28-6-9(5-27-28)29-7-12(16,17)14(21,22)15(23,24)25/h3-6H,2,7H2,1H3. The molecule has 168 valence electrons. The minimum Gasteiger partial charge on any atom is -0.484 e. The molecule has 0 fully saturated rings. The van der Waals surface area contributed by atoms with Crippen LogP contribution in [0.5, 0.6) is 5.75 Å². The third-order valence-electron chi connectivity index (χ3n) is 3.47. The first-order valence-corrected chi connectivity index (χ1v) is 8.79. The maximum Gasteiger partial charge on any atom is 0.460 e. The summed E-state index contributed by atoms with van der Waals surface area (Å²) in [6.07, 6.45) is -9.17. The second kappa shape index (κ2) is 8.15. The van der Waals surface area contributed by atoms with E-state index in [4.69, 9.17) is 0 Å². The Morgan fingerprint density at radius 3 is 2.17 bits per heavy atom. The number of hydrogen-bond acceptors (Lipinski definition) is 4. The highest BCUT2D eigenvalue weighted by Crippen LogP contribution is 2.46. The van der Waals surface area contributed by atoms with E-state index in [1.54, 1.807) is 6.92 Å². The van der Waals surface area contributed by atoms with Crippen molar-refractivity contribution >= 4 is 11.8 Å². The van der Waals surface area contributed by atoms with E-state index < -0.39 is 42.1 Å². The summed E-state index contributed by atoms with van der Waals surface area (Å²) in [4.78, 5) is 3.62. The lowest BCUT2D eigenvalue weighted by molar-refractivity contribution is -0.358. The number of nitrogens with zero attached hydrogens (tertiary/aromatic N) is 3. The summed E-state index contributed by atoms with van der Waals surface area (Å²) >= 11 is 0.952. The highest BCUT2D eigenvalue weighted by molar-refractivity contribution is 7.99. The summed E-state index contributed by atoms with van der Waals surface area (Å²) in [5.41, 5.74) is -1.06. The number of pyridine rings is 1. The molecule has 0 aromatic carbocycles. The van der Waals surface area contributed by atoms with Crippen molar-refractivity contribution in [3.05, 3.63) is 30.2 Å². The van der Waals surface area contributed by atoms with Gasteiger partial charge in [-0.25, -0.2) is 9.67 Å². The van der Waals surface area contributed by atoms with Crippen LogP contribution in [0.15, 0.2) is 29.6 Å². The molecule has 0 saturated heterocycles. The molecule has 4 nitrogen and oxygen atoms in total. The third-order valence-corrected chi connectivity index (χ3v) is 4.37. The summed E-state index contributed by atoms with van der Waals surface area (Å²) in [6, 6.07) is 0.775. The van der Waals surface area contributed by atoms with Crippen LogP contribution in [0.3, 0.4) is 0 Å². The van der Waals surface area contributed by atoms with E-state index in [0.29, 0.717) is 18.1 Å². The molecule has 30 heavy (non-hydrogen) atoms. The smallest absolute Gasteiger partial charge is 0.460 e. The molecular weight excluding hydrogens is 460 g/mol. The second-order valence-electron chi connectivity index (χ2n) is 5.66. The van der Waals surface area contributed by atoms with Crippen molar-refractivity contribution in [3.63, 3.8) is 0 Å². The van der Waals surface area contributed by atoms with Crippen LogP contribution in [0, 0.1) is 0 Å². The monoisotopic (exact) mass is 471 g/mol. The SMILES string of the molecule is CCSc1cc(C(F)(F)F)cnc1-n1cc(OCC(F)(F)C(F)(F)C(F)(F)F)cn1. The van der Waals surface area contributed by atoms with Crippen molar-refractivity contribution in [1.82, 2.24) is 14.8 Å². The van der Waals surface area contributed by atoms with Gasteiger partial charge in [0.25, 0.3) is 0 Å². The van der Waals surface area contributed by atoms with Gasteiger partial charge in [0.05, 0.1) is 22.9 Å². The first-order valence-electron chi connectivity index (χ1n) is 7.80. The van der Waals surface area contributed by atoms with Crippen LogP contribution in [0.25, 0.3) is 5.82 Å². The number of halogens is 10. The first-order chi connectivity index (χ1) is 13.6. The van der Waals surface area contributed by atoms with Crippen molar-refractivity contribution in [1.29, 1.82) is 0 Å². The summed E-state index contributed by atoms with van der Waals surface area (Å²) < 4.78 is 132. The summed E-state index contributed by atoms with van der Waals surface area (Å²) in [7, 11) is 0. The van der Waals surface area contributed by atoms with Crippen LogP contribution in [0.4, 0.5) is 43.9 Å². The normalized spacial score (nSPS) is 13.6. The minimum absolute atomic E-state index is 0.0101. The highest BCUT2D eigenvalue weighted by atomic mass is 32.2. The van der Waals surface area contributed by atoms with Crippen LogP contribution in [0.1, 0.15) is 12.5 Å². The fourth-order valence-electron chi connectivity index (χ4n) is 1.99. The molecule has 0 spiro atoms. The van der Waals surface area contributed by atoms with Crippen LogP contribution in [-0.4, -0.2) is 45.1 Å². The molecule has 0 N–H and O–H groups in total. The number of rotatable bonds is 7. The Bertz CT molecular complexity index is 878. The van der Waals surface area contributed by atoms with Gasteiger partial charge in [-0.05, 0) is 11.8 Å². The lowest BCUT2D eigenvalue weighted by Crippen LogP contribution is -2.54. The van der Waals surface area contributed by atoms with Crippen LogP contribution >= 0.6 is 11.8 Å². The molecule has 15 heteroatoms. The molecule has 0 atom stereocenters. The Morgan fingerprint density at radius 2 is 1.63 bits per heavy atom. The Balaban J connectivity index is 2.25. The molecular formula is C15H11F10N3OS. The molecule has 0 amide bonds. The lowest BCUT2D eigenvalue weighted by atomic mass is 10.2. The van der Waals surface area contributed by atoms with Crippen LogP contribution in [0.2, 0.25) is 0 Å². The van der Waals surface area contributed by atoms with Crippen molar-refractivity contribution in [2.24, 2.45) is 0 Å². The van der Waals surface area contributed by atoms with Gasteiger partial charge in [0.15, 0.2) is 18.2 Å². The predicted molar refractivity (Wildman–Crippen MR) is 84.2 cm³/mol. The van der Waals surface area contributed by atoms with Crippen molar-refractivity contribution in [3.8, 4) is 11.6 Å². The minimum atomic E-state index is -6.50. The highest BCUT2D eigenvalue weighted by Gasteiger charge is 2.73. The fraction of sp³-hybridized carbons (Fsp3) is 0.467. The van der Waals surface area contributed by atoms with Gasteiger partial charge >= 0.3 is 24.2 Å². The molecule has 2 aromatic heterocycles. The quantitative estimate of drug-likeness (QED) is 0.389. The number of alkyl halides is 10. The molecule has 2 aromatic rings. The van der Waals surface area contributed by atoms with E-state index in [1.807, 2.05) is 0 Å². The van der Waals surface area contributed by atoms with Crippen molar-refractivity contribution in [2.45, 2.75) is 36.0 Å². The van der Waals surface area contributed by atoms with Crippen LogP contribution in [-0.2, 0) is 6.18 Å². The zero-order valence-electron chi connectivity index (χ0n) is 14.7. The predicted octanol–water partition coefficient (Wildman–Crippen LogP) is 5.61. The zero-order valence-corrected chi connectivity index (χ0v) is 15.5. The Kier molecular flexibility index (Phi) is 6.54. The van der Waals surface area contributed by atoms with Crippen molar-refractivity contribution in [2.75, 3.05) is 12.4 Å². The Morgan fingerprint density at radius 1 is 1.00 bits per heavy atom. The molecule has 0 unspecified atom stereocenters. The molecule has 0 bridgehead atoms. The first kappa shape index (κ1) is 24.1. The second-order valence-corrected chi connectivity index (χ2v) is 6.97. The van der Waals surface area contributed by atoms with Gasteiger partial charge in [0.1, 0.15) is 0 Å².